The van der Waals surface area contributed by atoms with Gasteiger partial charge in [-0.3, -0.25) is 4.79 Å². The Morgan fingerprint density at radius 1 is 1.11 bits per heavy atom. The minimum atomic E-state index is -0.124. The highest BCUT2D eigenvalue weighted by Crippen LogP contribution is 2.26. The van der Waals surface area contributed by atoms with Gasteiger partial charge in [-0.05, 0) is 24.6 Å². The first-order chi connectivity index (χ1) is 13.2. The molecule has 0 saturated heterocycles. The molecule has 0 unspecified atom stereocenters. The topological polar surface area (TPSA) is 54.9 Å². The van der Waals surface area contributed by atoms with E-state index in [1.807, 2.05) is 54.8 Å². The Morgan fingerprint density at radius 2 is 1.96 bits per heavy atom. The van der Waals surface area contributed by atoms with E-state index in [9.17, 15) is 4.79 Å². The van der Waals surface area contributed by atoms with Gasteiger partial charge < -0.3 is 5.32 Å². The van der Waals surface area contributed by atoms with Crippen LogP contribution in [0.3, 0.4) is 0 Å². The molecule has 27 heavy (non-hydrogen) atoms. The van der Waals surface area contributed by atoms with Crippen LogP contribution < -0.4 is 5.32 Å². The molecule has 1 N–H and O–H groups in total. The van der Waals surface area contributed by atoms with Gasteiger partial charge in [0, 0.05) is 29.2 Å². The summed E-state index contributed by atoms with van der Waals surface area (Å²) in [5, 5.41) is 6.81. The minimum absolute atomic E-state index is 0.124. The van der Waals surface area contributed by atoms with Crippen LogP contribution in [0.25, 0.3) is 10.6 Å². The Balaban J connectivity index is 1.51. The lowest BCUT2D eigenvalue weighted by Crippen LogP contribution is -2.11. The van der Waals surface area contributed by atoms with Crippen molar-refractivity contribution in [3.63, 3.8) is 0 Å². The van der Waals surface area contributed by atoms with E-state index in [-0.39, 0.29) is 5.91 Å². The summed E-state index contributed by atoms with van der Waals surface area (Å²) in [4.78, 5) is 22.3. The molecule has 6 heteroatoms. The highest BCUT2D eigenvalue weighted by Gasteiger charge is 2.16. The van der Waals surface area contributed by atoms with Crippen molar-refractivity contribution in [3.05, 3.63) is 87.3 Å². The number of nitrogens with one attached hydrogen (secondary N) is 1. The van der Waals surface area contributed by atoms with Crippen molar-refractivity contribution in [1.82, 2.24) is 9.97 Å². The van der Waals surface area contributed by atoms with Gasteiger partial charge in [-0.2, -0.15) is 0 Å². The molecule has 0 aliphatic carbocycles. The predicted octanol–water partition coefficient (Wildman–Crippen LogP) is 5.42. The Hall–Kier alpha value is -2.83. The molecular formula is C21H17N3OS2. The van der Waals surface area contributed by atoms with E-state index >= 15 is 0 Å². The molecule has 1 amide bonds. The quantitative estimate of drug-likeness (QED) is 0.494. The third-order valence-corrected chi connectivity index (χ3v) is 6.02. The number of carbonyl (C=O) groups excluding carboxylic acids is 1. The van der Waals surface area contributed by atoms with Gasteiger partial charge in [0.15, 0.2) is 0 Å². The number of carbonyl (C=O) groups is 1. The summed E-state index contributed by atoms with van der Waals surface area (Å²) in [5.74, 6) is -0.124. The number of aromatic nitrogens is 2. The highest BCUT2D eigenvalue weighted by atomic mass is 32.1. The lowest BCUT2D eigenvalue weighted by atomic mass is 10.2. The van der Waals surface area contributed by atoms with E-state index in [4.69, 9.17) is 0 Å². The summed E-state index contributed by atoms with van der Waals surface area (Å²) in [6, 6.07) is 17.9. The van der Waals surface area contributed by atoms with Crippen LogP contribution in [-0.2, 0) is 6.42 Å². The second-order valence-electron chi connectivity index (χ2n) is 6.06. The first-order valence-electron chi connectivity index (χ1n) is 8.50. The van der Waals surface area contributed by atoms with Crippen LogP contribution in [0.4, 0.5) is 5.69 Å². The van der Waals surface area contributed by atoms with E-state index in [0.29, 0.717) is 4.88 Å². The maximum Gasteiger partial charge on any atom is 0.267 e. The minimum Gasteiger partial charge on any atom is -0.321 e. The third kappa shape index (κ3) is 4.13. The fraction of sp³-hybridized carbons (Fsp3) is 0.0952. The maximum absolute atomic E-state index is 12.7. The van der Waals surface area contributed by atoms with Gasteiger partial charge in [0.2, 0.25) is 0 Å². The van der Waals surface area contributed by atoms with Crippen LogP contribution in [0.15, 0.2) is 66.2 Å². The van der Waals surface area contributed by atoms with Crippen molar-refractivity contribution in [2.45, 2.75) is 13.3 Å². The predicted molar refractivity (Wildman–Crippen MR) is 112 cm³/mol. The second-order valence-corrected chi connectivity index (χ2v) is 8.03. The molecule has 4 rings (SSSR count). The average molecular weight is 392 g/mol. The largest absolute Gasteiger partial charge is 0.321 e. The summed E-state index contributed by atoms with van der Waals surface area (Å²) in [6.45, 7) is 1.88. The van der Waals surface area contributed by atoms with E-state index < -0.39 is 0 Å². The fourth-order valence-electron chi connectivity index (χ4n) is 2.79. The fourth-order valence-corrected chi connectivity index (χ4v) is 4.42. The highest BCUT2D eigenvalue weighted by molar-refractivity contribution is 7.14. The van der Waals surface area contributed by atoms with Crippen LogP contribution in [-0.4, -0.2) is 15.9 Å². The molecule has 134 valence electrons. The van der Waals surface area contributed by atoms with Crippen LogP contribution >= 0.6 is 22.7 Å². The number of hydrogen-bond acceptors (Lipinski definition) is 5. The smallest absolute Gasteiger partial charge is 0.267 e. The molecule has 4 aromatic rings. The Kier molecular flexibility index (Phi) is 5.09. The van der Waals surface area contributed by atoms with Gasteiger partial charge in [0.1, 0.15) is 9.88 Å². The zero-order valence-electron chi connectivity index (χ0n) is 14.7. The van der Waals surface area contributed by atoms with Crippen molar-refractivity contribution < 1.29 is 4.79 Å². The van der Waals surface area contributed by atoms with Crippen molar-refractivity contribution in [3.8, 4) is 10.6 Å². The van der Waals surface area contributed by atoms with Crippen LogP contribution in [0.1, 0.15) is 25.9 Å². The zero-order chi connectivity index (χ0) is 18.6. The molecule has 0 atom stereocenters. The Morgan fingerprint density at radius 3 is 2.74 bits per heavy atom. The summed E-state index contributed by atoms with van der Waals surface area (Å²) in [6.07, 6.45) is 2.51. The van der Waals surface area contributed by atoms with Crippen molar-refractivity contribution in [2.75, 3.05) is 5.32 Å². The number of thiazole rings is 2. The molecule has 2 heterocycles. The monoisotopic (exact) mass is 391 g/mol. The number of amides is 1. The first kappa shape index (κ1) is 17.6. The summed E-state index contributed by atoms with van der Waals surface area (Å²) in [7, 11) is 0. The molecule has 0 spiro atoms. The van der Waals surface area contributed by atoms with E-state index in [1.165, 1.54) is 16.9 Å². The van der Waals surface area contributed by atoms with E-state index in [1.54, 1.807) is 17.5 Å². The van der Waals surface area contributed by atoms with Gasteiger partial charge in [-0.1, -0.05) is 42.5 Å². The Bertz CT molecular complexity index is 1060. The van der Waals surface area contributed by atoms with Gasteiger partial charge in [0.05, 0.1) is 10.7 Å². The normalized spacial score (nSPS) is 10.7. The number of anilines is 1. The van der Waals surface area contributed by atoms with Gasteiger partial charge in [-0.25, -0.2) is 9.97 Å². The molecule has 0 aliphatic rings. The van der Waals surface area contributed by atoms with Crippen molar-refractivity contribution >= 4 is 34.3 Å². The number of benzene rings is 2. The summed E-state index contributed by atoms with van der Waals surface area (Å²) < 4.78 is 0. The lowest BCUT2D eigenvalue weighted by molar-refractivity contribution is 0.103. The SMILES string of the molecule is Cc1nc(Cc2ccccc2)sc1C(=O)Nc1cccc(-c2nccs2)c1. The maximum atomic E-state index is 12.7. The molecule has 0 saturated carbocycles. The molecule has 4 nitrogen and oxygen atoms in total. The number of aryl methyl sites for hydroxylation is 1. The number of rotatable bonds is 5. The molecule has 2 aromatic carbocycles. The third-order valence-electron chi connectivity index (χ3n) is 4.05. The van der Waals surface area contributed by atoms with Crippen LogP contribution in [0, 0.1) is 6.92 Å². The molecular weight excluding hydrogens is 374 g/mol. The second kappa shape index (κ2) is 7.82. The summed E-state index contributed by atoms with van der Waals surface area (Å²) in [5.41, 5.74) is 3.70. The van der Waals surface area contributed by atoms with Crippen LogP contribution in [0.2, 0.25) is 0 Å². The molecule has 0 aliphatic heterocycles. The average Bonchev–Trinajstić information content (AvgIpc) is 3.33. The number of nitrogens with zero attached hydrogens (tertiary/aromatic N) is 2. The molecule has 0 radical (unpaired) electrons. The lowest BCUT2D eigenvalue weighted by Gasteiger charge is -2.05. The standard InChI is InChI=1S/C21H17N3OS2/c1-14-19(27-18(23-14)12-15-6-3-2-4-7-15)20(25)24-17-9-5-8-16(13-17)21-22-10-11-26-21/h2-11,13H,12H2,1H3,(H,24,25). The molecule has 2 aromatic heterocycles. The molecule has 0 bridgehead atoms. The Labute approximate surface area is 165 Å². The zero-order valence-corrected chi connectivity index (χ0v) is 16.3. The molecule has 0 fully saturated rings. The van der Waals surface area contributed by atoms with Crippen LogP contribution in [0.5, 0.6) is 0 Å². The van der Waals surface area contributed by atoms with Gasteiger partial charge in [-0.15, -0.1) is 22.7 Å². The van der Waals surface area contributed by atoms with Gasteiger partial charge >= 0.3 is 0 Å². The van der Waals surface area contributed by atoms with Crippen molar-refractivity contribution in [2.24, 2.45) is 0 Å². The summed E-state index contributed by atoms with van der Waals surface area (Å²) >= 11 is 3.03. The number of hydrogen-bond donors (Lipinski definition) is 1. The van der Waals surface area contributed by atoms with Crippen molar-refractivity contribution in [1.29, 1.82) is 0 Å². The van der Waals surface area contributed by atoms with E-state index in [2.05, 4.69) is 27.4 Å². The van der Waals surface area contributed by atoms with E-state index in [0.717, 1.165) is 33.4 Å². The first-order valence-corrected chi connectivity index (χ1v) is 10.2. The van der Waals surface area contributed by atoms with Gasteiger partial charge in [0.25, 0.3) is 5.91 Å².